The van der Waals surface area contributed by atoms with Gasteiger partial charge in [-0.05, 0) is 68.4 Å². The van der Waals surface area contributed by atoms with E-state index in [4.69, 9.17) is 0 Å². The molecule has 0 bridgehead atoms. The number of rotatable bonds is 6. The highest BCUT2D eigenvalue weighted by molar-refractivity contribution is 6.44. The first-order chi connectivity index (χ1) is 17.3. The summed E-state index contributed by atoms with van der Waals surface area (Å²) in [6.45, 7) is 4.68. The molecule has 0 N–H and O–H groups in total. The van der Waals surface area contributed by atoms with Crippen molar-refractivity contribution >= 4 is 21.7 Å². The van der Waals surface area contributed by atoms with Gasteiger partial charge >= 0.3 is 0 Å². The van der Waals surface area contributed by atoms with Crippen molar-refractivity contribution in [3.05, 3.63) is 130 Å². The zero-order valence-electron chi connectivity index (χ0n) is 20.7. The summed E-state index contributed by atoms with van der Waals surface area (Å²) in [4.78, 5) is 0. The zero-order chi connectivity index (χ0) is 23.8. The average Bonchev–Trinajstić information content (AvgIpc) is 3.47. The molecule has 0 fully saturated rings. The van der Waals surface area contributed by atoms with Crippen molar-refractivity contribution in [3.8, 4) is 22.3 Å². The van der Waals surface area contributed by atoms with Crippen LogP contribution in [0.5, 0.6) is 0 Å². The van der Waals surface area contributed by atoms with Crippen LogP contribution in [0, 0.1) is 0 Å². The van der Waals surface area contributed by atoms with Gasteiger partial charge in [0.2, 0.25) is 0 Å². The maximum Gasteiger partial charge on any atom is 0.0475 e. The fourth-order valence-electron chi connectivity index (χ4n) is 6.30. The molecule has 0 heterocycles. The van der Waals surface area contributed by atoms with Crippen LogP contribution in [0.3, 0.4) is 0 Å². The summed E-state index contributed by atoms with van der Waals surface area (Å²) in [5.41, 5.74) is 16.0. The van der Waals surface area contributed by atoms with Gasteiger partial charge in [0.05, 0.1) is 0 Å². The summed E-state index contributed by atoms with van der Waals surface area (Å²) in [7, 11) is -0.498. The molecule has 0 aliphatic heterocycles. The lowest BCUT2D eigenvalue weighted by molar-refractivity contribution is 0.944. The normalized spacial score (nSPS) is 18.5. The maximum absolute atomic E-state index is 2.53. The Hall–Kier alpha value is -3.42. The second-order valence-corrected chi connectivity index (χ2v) is 11.9. The van der Waals surface area contributed by atoms with E-state index in [0.717, 1.165) is 12.8 Å². The van der Waals surface area contributed by atoms with Crippen molar-refractivity contribution in [3.63, 3.8) is 0 Å². The monoisotopic (exact) mass is 468 g/mol. The van der Waals surface area contributed by atoms with Crippen LogP contribution in [0.25, 0.3) is 34.4 Å². The standard InChI is InChI=1S/C34H32Si/c1-3-23-21-31-27(25-13-7-5-8-14-25)17-11-19-29(31)33(23)35-34-24(4-2)22-32-28(18-12-20-30(32)34)26-15-9-6-10-16-26/h5-22,33-34H,3-4,35H2,1-2H3. The van der Waals surface area contributed by atoms with Crippen molar-refractivity contribution in [2.75, 3.05) is 0 Å². The third kappa shape index (κ3) is 3.85. The molecule has 0 saturated heterocycles. The largest absolute Gasteiger partial charge is 0.0657 e. The van der Waals surface area contributed by atoms with Gasteiger partial charge in [0.25, 0.3) is 0 Å². The van der Waals surface area contributed by atoms with Crippen LogP contribution in [0.4, 0.5) is 0 Å². The van der Waals surface area contributed by atoms with Gasteiger partial charge in [-0.2, -0.15) is 0 Å². The summed E-state index contributed by atoms with van der Waals surface area (Å²) >= 11 is 0. The quantitative estimate of drug-likeness (QED) is 0.249. The van der Waals surface area contributed by atoms with E-state index in [1.807, 2.05) is 0 Å². The highest BCUT2D eigenvalue weighted by atomic mass is 28.2. The van der Waals surface area contributed by atoms with E-state index >= 15 is 0 Å². The third-order valence-electron chi connectivity index (χ3n) is 8.04. The Morgan fingerprint density at radius 1 is 0.514 bits per heavy atom. The molecular formula is C34H32Si. The minimum Gasteiger partial charge on any atom is -0.0657 e. The van der Waals surface area contributed by atoms with Crippen LogP contribution in [-0.4, -0.2) is 9.52 Å². The SMILES string of the molecule is CCC1=Cc2c(-c3ccccc3)cccc2C1[SiH2]C1C(CC)=Cc2c(-c3ccccc3)cccc21. The highest BCUT2D eigenvalue weighted by Crippen LogP contribution is 2.48. The molecule has 0 spiro atoms. The highest BCUT2D eigenvalue weighted by Gasteiger charge is 2.33. The number of fused-ring (bicyclic) bond motifs is 2. The van der Waals surface area contributed by atoms with Gasteiger partial charge in [0, 0.05) is 9.52 Å². The zero-order valence-corrected chi connectivity index (χ0v) is 22.1. The maximum atomic E-state index is 2.53. The molecule has 172 valence electrons. The summed E-state index contributed by atoms with van der Waals surface area (Å²) in [6.07, 6.45) is 7.33. The molecule has 2 aliphatic rings. The first-order valence-electron chi connectivity index (χ1n) is 13.1. The first-order valence-corrected chi connectivity index (χ1v) is 14.7. The lowest BCUT2D eigenvalue weighted by Gasteiger charge is -2.23. The lowest BCUT2D eigenvalue weighted by atomic mass is 9.97. The molecule has 0 amide bonds. The van der Waals surface area contributed by atoms with Gasteiger partial charge in [0.15, 0.2) is 0 Å². The fraction of sp³-hybridized carbons (Fsp3) is 0.176. The topological polar surface area (TPSA) is 0 Å². The Morgan fingerprint density at radius 3 is 1.34 bits per heavy atom. The molecule has 0 nitrogen and oxygen atoms in total. The average molecular weight is 469 g/mol. The molecule has 2 atom stereocenters. The minimum atomic E-state index is -0.498. The second kappa shape index (κ2) is 9.32. The van der Waals surface area contributed by atoms with Gasteiger partial charge < -0.3 is 0 Å². The van der Waals surface area contributed by atoms with Crippen LogP contribution in [0.15, 0.2) is 108 Å². The van der Waals surface area contributed by atoms with Gasteiger partial charge in [-0.1, -0.05) is 134 Å². The fourth-order valence-corrected chi connectivity index (χ4v) is 9.41. The lowest BCUT2D eigenvalue weighted by Crippen LogP contribution is -2.18. The molecule has 0 saturated carbocycles. The molecule has 1 heteroatoms. The van der Waals surface area contributed by atoms with E-state index < -0.39 is 9.52 Å². The van der Waals surface area contributed by atoms with Crippen LogP contribution < -0.4 is 0 Å². The molecule has 35 heavy (non-hydrogen) atoms. The van der Waals surface area contributed by atoms with E-state index in [1.54, 1.807) is 22.3 Å². The van der Waals surface area contributed by atoms with Gasteiger partial charge in [-0.25, -0.2) is 0 Å². The van der Waals surface area contributed by atoms with E-state index in [2.05, 4.69) is 123 Å². The number of allylic oxidation sites excluding steroid dienone is 2. The molecule has 0 aromatic heterocycles. The molecule has 4 aromatic carbocycles. The Morgan fingerprint density at radius 2 is 0.943 bits per heavy atom. The number of hydrogen-bond donors (Lipinski definition) is 0. The third-order valence-corrected chi connectivity index (χ3v) is 10.9. The smallest absolute Gasteiger partial charge is 0.0475 e. The second-order valence-electron chi connectivity index (χ2n) is 9.84. The van der Waals surface area contributed by atoms with Crippen molar-refractivity contribution < 1.29 is 0 Å². The molecule has 0 radical (unpaired) electrons. The minimum absolute atomic E-state index is 0.498. The van der Waals surface area contributed by atoms with E-state index in [1.165, 1.54) is 33.4 Å². The van der Waals surface area contributed by atoms with Crippen molar-refractivity contribution in [2.45, 2.75) is 37.8 Å². The number of hydrogen-bond acceptors (Lipinski definition) is 0. The van der Waals surface area contributed by atoms with Crippen LogP contribution in [0.1, 0.15) is 60.0 Å². The van der Waals surface area contributed by atoms with Crippen LogP contribution in [0.2, 0.25) is 0 Å². The van der Waals surface area contributed by atoms with Gasteiger partial charge in [-0.15, -0.1) is 0 Å². The predicted molar refractivity (Wildman–Crippen MR) is 154 cm³/mol. The van der Waals surface area contributed by atoms with Crippen LogP contribution in [-0.2, 0) is 0 Å². The summed E-state index contributed by atoms with van der Waals surface area (Å²) in [5.74, 6) is 0. The van der Waals surface area contributed by atoms with Gasteiger partial charge in [0.1, 0.15) is 0 Å². The van der Waals surface area contributed by atoms with E-state index in [0.29, 0.717) is 11.1 Å². The van der Waals surface area contributed by atoms with Crippen molar-refractivity contribution in [2.24, 2.45) is 0 Å². The van der Waals surface area contributed by atoms with E-state index in [-0.39, 0.29) is 0 Å². The van der Waals surface area contributed by atoms with Gasteiger partial charge in [-0.3, -0.25) is 0 Å². The number of benzene rings is 4. The predicted octanol–water partition coefficient (Wildman–Crippen LogP) is 8.59. The Labute approximate surface area is 211 Å². The molecule has 2 aliphatic carbocycles. The molecular weight excluding hydrogens is 436 g/mol. The molecule has 2 unspecified atom stereocenters. The van der Waals surface area contributed by atoms with Crippen LogP contribution >= 0.6 is 0 Å². The Bertz CT molecular complexity index is 1320. The van der Waals surface area contributed by atoms with Crippen molar-refractivity contribution in [1.82, 2.24) is 0 Å². The molecule has 4 aromatic rings. The van der Waals surface area contributed by atoms with Crippen molar-refractivity contribution in [1.29, 1.82) is 0 Å². The Kier molecular flexibility index (Phi) is 5.88. The summed E-state index contributed by atoms with van der Waals surface area (Å²) < 4.78 is 0. The first kappa shape index (κ1) is 22.1. The Balaban J connectivity index is 1.40. The summed E-state index contributed by atoms with van der Waals surface area (Å²) in [6, 6.07) is 35.8. The molecule has 6 rings (SSSR count). The van der Waals surface area contributed by atoms with E-state index in [9.17, 15) is 0 Å². The summed E-state index contributed by atoms with van der Waals surface area (Å²) in [5, 5.41) is 0.